The van der Waals surface area contributed by atoms with Gasteiger partial charge in [-0.1, -0.05) is 29.3 Å². The van der Waals surface area contributed by atoms with Gasteiger partial charge in [0.2, 0.25) is 10.0 Å². The average molecular weight is 646 g/mol. The second-order valence-corrected chi connectivity index (χ2v) is 14.8. The molecule has 2 saturated carbocycles. The van der Waals surface area contributed by atoms with Crippen molar-refractivity contribution < 1.29 is 22.7 Å². The van der Waals surface area contributed by atoms with E-state index in [4.69, 9.17) is 32.7 Å². The van der Waals surface area contributed by atoms with Gasteiger partial charge in [-0.2, -0.15) is 5.10 Å². The summed E-state index contributed by atoms with van der Waals surface area (Å²) in [5, 5.41) is 5.29. The Kier molecular flexibility index (Phi) is 7.92. The number of hydrogen-bond acceptors (Lipinski definition) is 7. The molecule has 43 heavy (non-hydrogen) atoms. The van der Waals surface area contributed by atoms with Gasteiger partial charge in [-0.25, -0.2) is 13.1 Å². The maximum absolute atomic E-state index is 12.7. The molecule has 2 aliphatic carbocycles. The highest BCUT2D eigenvalue weighted by Crippen LogP contribution is 2.44. The zero-order valence-corrected chi connectivity index (χ0v) is 26.0. The molecular formula is C31H34Cl2N4O5S. The number of sulfonamides is 1. The fourth-order valence-corrected chi connectivity index (χ4v) is 8.76. The molecule has 1 amide bonds. The van der Waals surface area contributed by atoms with Gasteiger partial charge < -0.3 is 14.4 Å². The van der Waals surface area contributed by atoms with Crippen LogP contribution < -0.4 is 9.62 Å². The molecule has 1 aromatic heterocycles. The molecule has 9 nitrogen and oxygen atoms in total. The topological polar surface area (TPSA) is 103 Å². The number of carbonyl (C=O) groups is 1. The summed E-state index contributed by atoms with van der Waals surface area (Å²) < 4.78 is 41.4. The molecule has 3 aromatic rings. The normalized spacial score (nSPS) is 24.0. The van der Waals surface area contributed by atoms with Crippen LogP contribution in [0.4, 0.5) is 5.69 Å². The van der Waals surface area contributed by atoms with Gasteiger partial charge in [0.15, 0.2) is 0 Å². The van der Waals surface area contributed by atoms with E-state index in [0.29, 0.717) is 66.3 Å². The van der Waals surface area contributed by atoms with Crippen molar-refractivity contribution in [3.8, 4) is 11.1 Å². The fraction of sp³-hybridized carbons (Fsp3) is 0.484. The van der Waals surface area contributed by atoms with E-state index < -0.39 is 21.2 Å². The number of piperidine rings is 1. The maximum atomic E-state index is 12.7. The van der Waals surface area contributed by atoms with Gasteiger partial charge in [0.05, 0.1) is 45.9 Å². The number of anilines is 1. The Balaban J connectivity index is 0.986. The van der Waals surface area contributed by atoms with Crippen LogP contribution in [0.15, 0.2) is 48.7 Å². The minimum Gasteiger partial charge on any atom is -0.381 e. The number of hydrogen-bond donors (Lipinski definition) is 1. The molecule has 2 aromatic carbocycles. The highest BCUT2D eigenvalue weighted by atomic mass is 35.5. The smallest absolute Gasteiger partial charge is 0.264 e. The minimum absolute atomic E-state index is 0.138. The fourth-order valence-electron chi connectivity index (χ4n) is 6.80. The van der Waals surface area contributed by atoms with Crippen LogP contribution >= 0.6 is 23.2 Å². The van der Waals surface area contributed by atoms with E-state index in [2.05, 4.69) is 19.4 Å². The number of nitrogens with zero attached hydrogens (tertiary/aromatic N) is 3. The Morgan fingerprint density at radius 3 is 2.37 bits per heavy atom. The quantitative estimate of drug-likeness (QED) is 0.323. The predicted octanol–water partition coefficient (Wildman–Crippen LogP) is 5.61. The van der Waals surface area contributed by atoms with E-state index in [1.54, 1.807) is 12.1 Å². The Hall–Kier alpha value is -2.63. The van der Waals surface area contributed by atoms with Crippen LogP contribution in [-0.2, 0) is 26.1 Å². The first-order valence-electron chi connectivity index (χ1n) is 14.9. The molecule has 0 unspecified atom stereocenters. The Morgan fingerprint density at radius 1 is 1.00 bits per heavy atom. The highest BCUT2D eigenvalue weighted by molar-refractivity contribution is 7.90. The van der Waals surface area contributed by atoms with Gasteiger partial charge in [-0.3, -0.25) is 9.48 Å². The van der Waals surface area contributed by atoms with Gasteiger partial charge in [-0.05, 0) is 74.9 Å². The van der Waals surface area contributed by atoms with Crippen molar-refractivity contribution >= 4 is 44.8 Å². The third-order valence-electron chi connectivity index (χ3n) is 9.24. The lowest BCUT2D eigenvalue weighted by Crippen LogP contribution is -2.41. The van der Waals surface area contributed by atoms with Crippen LogP contribution in [0.5, 0.6) is 0 Å². The van der Waals surface area contributed by atoms with Crippen molar-refractivity contribution in [1.29, 1.82) is 0 Å². The van der Waals surface area contributed by atoms with Crippen LogP contribution in [0.25, 0.3) is 11.1 Å². The summed E-state index contributed by atoms with van der Waals surface area (Å²) in [6, 6.07) is 13.5. The molecule has 0 spiro atoms. The first-order valence-corrected chi connectivity index (χ1v) is 17.2. The molecule has 3 heterocycles. The summed E-state index contributed by atoms with van der Waals surface area (Å²) in [5.74, 6) is -0.209. The number of carbonyl (C=O) groups excluding carboxylic acids is 1. The van der Waals surface area contributed by atoms with Gasteiger partial charge in [0.1, 0.15) is 0 Å². The molecular weight excluding hydrogens is 611 g/mol. The Morgan fingerprint density at radius 2 is 1.72 bits per heavy atom. The molecule has 4 fully saturated rings. The molecule has 2 bridgehead atoms. The Labute approximate surface area is 261 Å². The van der Waals surface area contributed by atoms with Crippen LogP contribution in [0.2, 0.25) is 10.0 Å². The standard InChI is InChI=1S/C31H34Cl2N4O5S/c32-26-2-1-3-27(33)30(26)25-16-34-37(22-8-9-22)28(25)18-42-29-15-23-14-20(29)17-36(23)21-6-4-19(5-7-21)31(38)35-43(39,40)24-10-12-41-13-11-24/h1-7,16,20,22-24,29H,8-15,17-18H2,(H,35,38)/t20-,23-,29+/m0/s1. The van der Waals surface area contributed by atoms with Crippen molar-refractivity contribution in [2.45, 2.75) is 68.6 Å². The van der Waals surface area contributed by atoms with Crippen LogP contribution in [0, 0.1) is 5.92 Å². The second kappa shape index (κ2) is 11.7. The van der Waals surface area contributed by atoms with E-state index in [9.17, 15) is 13.2 Å². The summed E-state index contributed by atoms with van der Waals surface area (Å²) >= 11 is 13.1. The highest BCUT2D eigenvalue weighted by Gasteiger charge is 2.45. The molecule has 0 radical (unpaired) electrons. The lowest BCUT2D eigenvalue weighted by molar-refractivity contribution is 0.00958. The van der Waals surface area contributed by atoms with E-state index in [-0.39, 0.29) is 6.10 Å². The number of fused-ring (bicyclic) bond motifs is 2. The Bertz CT molecular complexity index is 1600. The number of amides is 1. The van der Waals surface area contributed by atoms with Crippen molar-refractivity contribution in [1.82, 2.24) is 14.5 Å². The number of benzene rings is 2. The lowest BCUT2D eigenvalue weighted by Gasteiger charge is -2.33. The molecule has 12 heteroatoms. The lowest BCUT2D eigenvalue weighted by atomic mass is 10.0. The van der Waals surface area contributed by atoms with E-state index in [1.165, 1.54) is 0 Å². The molecule has 1 N–H and O–H groups in total. The van der Waals surface area contributed by atoms with Crippen molar-refractivity contribution in [2.24, 2.45) is 5.92 Å². The molecule has 228 valence electrons. The minimum atomic E-state index is -3.74. The molecule has 4 aliphatic rings. The average Bonchev–Trinajstić information content (AvgIpc) is 3.45. The first kappa shape index (κ1) is 29.1. The van der Waals surface area contributed by atoms with E-state index in [0.717, 1.165) is 54.7 Å². The molecule has 7 rings (SSSR count). The van der Waals surface area contributed by atoms with Gasteiger partial charge >= 0.3 is 0 Å². The summed E-state index contributed by atoms with van der Waals surface area (Å²) in [6.45, 7) is 2.09. The van der Waals surface area contributed by atoms with Crippen LogP contribution in [0.3, 0.4) is 0 Å². The summed E-state index contributed by atoms with van der Waals surface area (Å²) in [7, 11) is -3.74. The van der Waals surface area contributed by atoms with Gasteiger partial charge in [0, 0.05) is 54.1 Å². The number of nitrogens with one attached hydrogen (secondary N) is 1. The number of ether oxygens (including phenoxy) is 2. The van der Waals surface area contributed by atoms with Crippen molar-refractivity contribution in [2.75, 3.05) is 24.7 Å². The second-order valence-electron chi connectivity index (χ2n) is 12.0. The number of aromatic nitrogens is 2. The largest absolute Gasteiger partial charge is 0.381 e. The number of halogens is 2. The molecule has 3 atom stereocenters. The first-order chi connectivity index (χ1) is 20.8. The summed E-state index contributed by atoms with van der Waals surface area (Å²) in [6.07, 6.45) is 6.96. The predicted molar refractivity (Wildman–Crippen MR) is 165 cm³/mol. The molecule has 2 aliphatic heterocycles. The van der Waals surface area contributed by atoms with Gasteiger partial charge in [0.25, 0.3) is 5.91 Å². The third kappa shape index (κ3) is 5.80. The summed E-state index contributed by atoms with van der Waals surface area (Å²) in [4.78, 5) is 15.1. The number of rotatable bonds is 9. The maximum Gasteiger partial charge on any atom is 0.264 e. The third-order valence-corrected chi connectivity index (χ3v) is 11.7. The molecule has 2 saturated heterocycles. The zero-order valence-electron chi connectivity index (χ0n) is 23.6. The van der Waals surface area contributed by atoms with E-state index >= 15 is 0 Å². The van der Waals surface area contributed by atoms with Gasteiger partial charge in [-0.15, -0.1) is 0 Å². The van der Waals surface area contributed by atoms with Crippen LogP contribution in [-0.4, -0.2) is 61.3 Å². The monoisotopic (exact) mass is 644 g/mol. The summed E-state index contributed by atoms with van der Waals surface area (Å²) in [5.41, 5.74) is 4.10. The van der Waals surface area contributed by atoms with Crippen LogP contribution in [0.1, 0.15) is 60.6 Å². The van der Waals surface area contributed by atoms with Crippen molar-refractivity contribution in [3.63, 3.8) is 0 Å². The zero-order chi connectivity index (χ0) is 29.7. The van der Waals surface area contributed by atoms with E-state index in [1.807, 2.05) is 36.5 Å². The SMILES string of the molecule is O=C(NS(=O)(=O)C1CCOCC1)c1ccc(N2C[C@@H]3C[C@H]2C[C@H]3OCc2c(-c3c(Cl)cccc3Cl)cnn2C2CC2)cc1. The van der Waals surface area contributed by atoms with Crippen molar-refractivity contribution in [3.05, 3.63) is 70.0 Å².